The van der Waals surface area contributed by atoms with Crippen molar-refractivity contribution in [3.05, 3.63) is 35.4 Å². The van der Waals surface area contributed by atoms with Gasteiger partial charge in [0.2, 0.25) is 0 Å². The Hall–Kier alpha value is -1.09. The molecule has 0 spiro atoms. The van der Waals surface area contributed by atoms with Gasteiger partial charge in [0.1, 0.15) is 0 Å². The number of rotatable bonds is 9. The van der Waals surface area contributed by atoms with Crippen LogP contribution in [0.25, 0.3) is 0 Å². The van der Waals surface area contributed by atoms with E-state index in [0.717, 1.165) is 12.1 Å². The smallest absolute Gasteiger partial charge is 0.282 e. The first-order valence-electron chi connectivity index (χ1n) is 7.84. The molecule has 8 heteroatoms. The van der Waals surface area contributed by atoms with Crippen molar-refractivity contribution in [1.29, 1.82) is 0 Å². The highest BCUT2D eigenvalue weighted by atomic mass is 32.2. The number of benzene rings is 1. The van der Waals surface area contributed by atoms with Crippen LogP contribution in [-0.4, -0.2) is 62.7 Å². The van der Waals surface area contributed by atoms with Gasteiger partial charge in [0.05, 0.1) is 0 Å². The second-order valence-electron chi connectivity index (χ2n) is 6.57. The van der Waals surface area contributed by atoms with Crippen molar-refractivity contribution < 1.29 is 17.2 Å². The van der Waals surface area contributed by atoms with Crippen LogP contribution in [-0.2, 0) is 16.8 Å². The minimum Gasteiger partial charge on any atom is -0.308 e. The first kappa shape index (κ1) is 21.0. The minimum atomic E-state index is -3.69. The quantitative estimate of drug-likeness (QED) is 0.675. The van der Waals surface area contributed by atoms with Gasteiger partial charge in [-0.1, -0.05) is 19.9 Å². The fourth-order valence-corrected chi connectivity index (χ4v) is 3.74. The molecule has 0 saturated carbocycles. The molecule has 0 N–H and O–H groups in total. The van der Waals surface area contributed by atoms with Crippen molar-refractivity contribution in [1.82, 2.24) is 13.5 Å². The molecule has 1 aromatic rings. The van der Waals surface area contributed by atoms with Crippen LogP contribution in [0.5, 0.6) is 0 Å². The lowest BCUT2D eigenvalue weighted by Crippen LogP contribution is -2.45. The van der Waals surface area contributed by atoms with E-state index in [1.807, 2.05) is 32.8 Å². The first-order valence-corrected chi connectivity index (χ1v) is 9.23. The van der Waals surface area contributed by atoms with Crippen LogP contribution in [0.1, 0.15) is 19.4 Å². The van der Waals surface area contributed by atoms with E-state index in [1.165, 1.54) is 21.7 Å². The van der Waals surface area contributed by atoms with Gasteiger partial charge in [0, 0.05) is 33.2 Å². The lowest BCUT2D eigenvalue weighted by Gasteiger charge is -2.29. The number of nitrogens with zero attached hydrogens (tertiary/aromatic N) is 3. The SMILES string of the molecule is CC(C)CN(C)S(=O)(=O)N(CCN(C)C)Cc1ccc(F)c(F)c1. The molecule has 0 aliphatic carbocycles. The molecule has 0 radical (unpaired) electrons. The molecular formula is C16H27F2N3O2S. The molecule has 0 amide bonds. The van der Waals surface area contributed by atoms with Crippen LogP contribution >= 0.6 is 0 Å². The molecule has 0 bridgehead atoms. The molecule has 0 fully saturated rings. The Labute approximate surface area is 144 Å². The number of hydrogen-bond donors (Lipinski definition) is 0. The second-order valence-corrected chi connectivity index (χ2v) is 8.60. The number of likely N-dealkylation sites (N-methyl/N-ethyl adjacent to an activating group) is 1. The number of halogens is 2. The van der Waals surface area contributed by atoms with Crippen LogP contribution in [0.2, 0.25) is 0 Å². The van der Waals surface area contributed by atoms with E-state index in [9.17, 15) is 17.2 Å². The Morgan fingerprint density at radius 1 is 1.04 bits per heavy atom. The zero-order valence-electron chi connectivity index (χ0n) is 15.0. The minimum absolute atomic E-state index is 0.00416. The Morgan fingerprint density at radius 2 is 1.67 bits per heavy atom. The summed E-state index contributed by atoms with van der Waals surface area (Å²) >= 11 is 0. The maximum atomic E-state index is 13.4. The Kier molecular flexibility index (Phi) is 7.72. The van der Waals surface area contributed by atoms with E-state index in [1.54, 1.807) is 0 Å². The van der Waals surface area contributed by atoms with Crippen LogP contribution in [0.15, 0.2) is 18.2 Å². The van der Waals surface area contributed by atoms with Crippen LogP contribution in [0.3, 0.4) is 0 Å². The summed E-state index contributed by atoms with van der Waals surface area (Å²) in [6, 6.07) is 3.45. The van der Waals surface area contributed by atoms with E-state index < -0.39 is 21.8 Å². The highest BCUT2D eigenvalue weighted by Crippen LogP contribution is 2.16. The molecule has 0 saturated heterocycles. The average Bonchev–Trinajstić information content (AvgIpc) is 2.45. The number of hydrogen-bond acceptors (Lipinski definition) is 3. The van der Waals surface area contributed by atoms with E-state index in [-0.39, 0.29) is 19.0 Å². The standard InChI is InChI=1S/C16H27F2N3O2S/c1-13(2)11-20(5)24(22,23)21(9-8-19(3)4)12-14-6-7-15(17)16(18)10-14/h6-7,10,13H,8-9,11-12H2,1-5H3. The van der Waals surface area contributed by atoms with Crippen LogP contribution in [0.4, 0.5) is 8.78 Å². The lowest BCUT2D eigenvalue weighted by molar-refractivity contribution is 0.302. The van der Waals surface area contributed by atoms with Crippen LogP contribution < -0.4 is 0 Å². The average molecular weight is 363 g/mol. The first-order chi connectivity index (χ1) is 11.0. The molecule has 24 heavy (non-hydrogen) atoms. The highest BCUT2D eigenvalue weighted by Gasteiger charge is 2.27. The molecule has 1 rings (SSSR count). The maximum absolute atomic E-state index is 13.4. The summed E-state index contributed by atoms with van der Waals surface area (Å²) < 4.78 is 54.7. The topological polar surface area (TPSA) is 43.9 Å². The van der Waals surface area contributed by atoms with Gasteiger partial charge in [0.25, 0.3) is 10.2 Å². The van der Waals surface area contributed by atoms with E-state index in [4.69, 9.17) is 0 Å². The largest absolute Gasteiger partial charge is 0.308 e. The summed E-state index contributed by atoms with van der Waals surface area (Å²) in [7, 11) is 1.54. The van der Waals surface area contributed by atoms with Gasteiger partial charge in [-0.05, 0) is 37.7 Å². The molecule has 0 aliphatic rings. The van der Waals surface area contributed by atoms with Crippen molar-refractivity contribution in [2.75, 3.05) is 40.8 Å². The predicted molar refractivity (Wildman–Crippen MR) is 91.7 cm³/mol. The molecule has 138 valence electrons. The molecule has 0 aromatic heterocycles. The van der Waals surface area contributed by atoms with Crippen molar-refractivity contribution in [2.24, 2.45) is 5.92 Å². The summed E-state index contributed by atoms with van der Waals surface area (Å²) in [4.78, 5) is 1.87. The normalized spacial score (nSPS) is 12.8. The van der Waals surface area contributed by atoms with Gasteiger partial charge < -0.3 is 4.90 Å². The van der Waals surface area contributed by atoms with Crippen molar-refractivity contribution in [3.63, 3.8) is 0 Å². The molecule has 0 aliphatic heterocycles. The highest BCUT2D eigenvalue weighted by molar-refractivity contribution is 7.86. The van der Waals surface area contributed by atoms with Gasteiger partial charge in [-0.3, -0.25) is 0 Å². The zero-order chi connectivity index (χ0) is 18.5. The maximum Gasteiger partial charge on any atom is 0.282 e. The summed E-state index contributed by atoms with van der Waals surface area (Å²) in [5.74, 6) is -1.74. The molecule has 5 nitrogen and oxygen atoms in total. The van der Waals surface area contributed by atoms with Gasteiger partial charge in [0.15, 0.2) is 11.6 Å². The lowest BCUT2D eigenvalue weighted by atomic mass is 10.2. The molecule has 0 heterocycles. The van der Waals surface area contributed by atoms with Crippen molar-refractivity contribution >= 4 is 10.2 Å². The molecular weight excluding hydrogens is 336 g/mol. The summed E-state index contributed by atoms with van der Waals surface area (Å²) in [5.41, 5.74) is 0.411. The van der Waals surface area contributed by atoms with E-state index in [0.29, 0.717) is 18.7 Å². The van der Waals surface area contributed by atoms with Crippen LogP contribution in [0, 0.1) is 17.6 Å². The summed E-state index contributed by atoms with van der Waals surface area (Å²) in [6.45, 7) is 5.04. The van der Waals surface area contributed by atoms with E-state index >= 15 is 0 Å². The van der Waals surface area contributed by atoms with Gasteiger partial charge in [-0.2, -0.15) is 17.0 Å². The fraction of sp³-hybridized carbons (Fsp3) is 0.625. The van der Waals surface area contributed by atoms with Gasteiger partial charge in [-0.25, -0.2) is 8.78 Å². The molecule has 0 atom stereocenters. The van der Waals surface area contributed by atoms with Gasteiger partial charge >= 0.3 is 0 Å². The Balaban J connectivity index is 3.03. The molecule has 0 unspecified atom stereocenters. The predicted octanol–water partition coefficient (Wildman–Crippen LogP) is 2.16. The Bertz CT molecular complexity index is 636. The van der Waals surface area contributed by atoms with Gasteiger partial charge in [-0.15, -0.1) is 0 Å². The van der Waals surface area contributed by atoms with Crippen molar-refractivity contribution in [2.45, 2.75) is 20.4 Å². The monoisotopic (exact) mass is 363 g/mol. The zero-order valence-corrected chi connectivity index (χ0v) is 15.8. The van der Waals surface area contributed by atoms with E-state index in [2.05, 4.69) is 0 Å². The fourth-order valence-electron chi connectivity index (χ4n) is 2.23. The molecule has 1 aromatic carbocycles. The van der Waals surface area contributed by atoms with Crippen molar-refractivity contribution in [3.8, 4) is 0 Å². The summed E-state index contributed by atoms with van der Waals surface area (Å²) in [6.07, 6.45) is 0. The Morgan fingerprint density at radius 3 is 2.17 bits per heavy atom. The third kappa shape index (κ3) is 6.08. The third-order valence-electron chi connectivity index (χ3n) is 3.48. The summed E-state index contributed by atoms with van der Waals surface area (Å²) in [5, 5.41) is 0. The second kappa shape index (κ2) is 8.84. The third-order valence-corrected chi connectivity index (χ3v) is 5.38.